The maximum Gasteiger partial charge on any atom is 0.161 e. The van der Waals surface area contributed by atoms with Crippen molar-refractivity contribution < 1.29 is 13.9 Å². The third-order valence-corrected chi connectivity index (χ3v) is 2.79. The van der Waals surface area contributed by atoms with Crippen LogP contribution in [0, 0.1) is 0 Å². The molecule has 4 heteroatoms. The van der Waals surface area contributed by atoms with Gasteiger partial charge in [0, 0.05) is 6.54 Å². The van der Waals surface area contributed by atoms with E-state index in [4.69, 9.17) is 13.9 Å². The smallest absolute Gasteiger partial charge is 0.161 e. The van der Waals surface area contributed by atoms with Gasteiger partial charge in [0.2, 0.25) is 0 Å². The molecule has 20 heavy (non-hydrogen) atoms. The summed E-state index contributed by atoms with van der Waals surface area (Å²) < 4.78 is 16.1. The van der Waals surface area contributed by atoms with E-state index in [1.807, 2.05) is 30.3 Å². The van der Waals surface area contributed by atoms with Gasteiger partial charge in [0.05, 0.1) is 19.9 Å². The van der Waals surface area contributed by atoms with Gasteiger partial charge in [-0.25, -0.2) is 0 Å². The number of hydrogen-bond donors (Lipinski definition) is 1. The zero-order valence-corrected chi connectivity index (χ0v) is 11.6. The van der Waals surface area contributed by atoms with E-state index in [-0.39, 0.29) is 0 Å². The van der Waals surface area contributed by atoms with Gasteiger partial charge in [-0.15, -0.1) is 0 Å². The van der Waals surface area contributed by atoms with Gasteiger partial charge in [-0.3, -0.25) is 0 Å². The van der Waals surface area contributed by atoms with Crippen molar-refractivity contribution in [2.45, 2.75) is 13.1 Å². The van der Waals surface area contributed by atoms with Crippen LogP contribution in [0.15, 0.2) is 53.7 Å². The Hall–Kier alpha value is -2.20. The van der Waals surface area contributed by atoms with E-state index in [0.29, 0.717) is 13.2 Å². The van der Waals surface area contributed by atoms with Crippen molar-refractivity contribution in [2.75, 3.05) is 13.7 Å². The lowest BCUT2D eigenvalue weighted by molar-refractivity contribution is 0.326. The molecule has 0 unspecified atom stereocenters. The normalized spacial score (nSPS) is 10.2. The molecule has 0 atom stereocenters. The maximum atomic E-state index is 5.52. The zero-order chi connectivity index (χ0) is 14.2. The summed E-state index contributed by atoms with van der Waals surface area (Å²) >= 11 is 0. The van der Waals surface area contributed by atoms with Gasteiger partial charge in [0.15, 0.2) is 11.5 Å². The number of ether oxygens (including phenoxy) is 2. The second-order valence-corrected chi connectivity index (χ2v) is 4.27. The minimum absolute atomic E-state index is 0.465. The van der Waals surface area contributed by atoms with Gasteiger partial charge in [0.25, 0.3) is 0 Å². The van der Waals surface area contributed by atoms with E-state index in [1.165, 1.54) is 0 Å². The highest BCUT2D eigenvalue weighted by Crippen LogP contribution is 2.28. The summed E-state index contributed by atoms with van der Waals surface area (Å²) in [7, 11) is 1.64. The summed E-state index contributed by atoms with van der Waals surface area (Å²) in [6.45, 7) is 5.53. The van der Waals surface area contributed by atoms with Gasteiger partial charge in [-0.1, -0.05) is 18.7 Å². The van der Waals surface area contributed by atoms with Crippen LogP contribution in [0.25, 0.3) is 0 Å². The van der Waals surface area contributed by atoms with Crippen LogP contribution in [-0.2, 0) is 13.1 Å². The molecular weight excluding hydrogens is 254 g/mol. The number of furan rings is 1. The first-order chi connectivity index (χ1) is 9.83. The number of methoxy groups -OCH3 is 1. The summed E-state index contributed by atoms with van der Waals surface area (Å²) in [6, 6.07) is 9.71. The van der Waals surface area contributed by atoms with Gasteiger partial charge in [-0.2, -0.15) is 0 Å². The van der Waals surface area contributed by atoms with Gasteiger partial charge < -0.3 is 19.2 Å². The Kier molecular flexibility index (Phi) is 5.26. The summed E-state index contributed by atoms with van der Waals surface area (Å²) in [6.07, 6.45) is 3.38. The Balaban J connectivity index is 1.92. The van der Waals surface area contributed by atoms with Crippen LogP contribution >= 0.6 is 0 Å². The molecule has 2 aromatic rings. The van der Waals surface area contributed by atoms with E-state index in [1.54, 1.807) is 19.4 Å². The van der Waals surface area contributed by atoms with E-state index in [0.717, 1.165) is 29.4 Å². The fourth-order valence-corrected chi connectivity index (χ4v) is 1.83. The van der Waals surface area contributed by atoms with Crippen LogP contribution in [0.4, 0.5) is 0 Å². The lowest BCUT2D eigenvalue weighted by atomic mass is 10.2. The van der Waals surface area contributed by atoms with Crippen molar-refractivity contribution in [2.24, 2.45) is 0 Å². The van der Waals surface area contributed by atoms with Crippen LogP contribution in [0.5, 0.6) is 11.5 Å². The maximum absolute atomic E-state index is 5.52. The van der Waals surface area contributed by atoms with Crippen molar-refractivity contribution in [3.63, 3.8) is 0 Å². The number of rotatable bonds is 8. The summed E-state index contributed by atoms with van der Waals surface area (Å²) in [4.78, 5) is 0. The topological polar surface area (TPSA) is 43.6 Å². The average molecular weight is 273 g/mol. The fourth-order valence-electron chi connectivity index (χ4n) is 1.83. The quantitative estimate of drug-likeness (QED) is 0.750. The third kappa shape index (κ3) is 3.90. The van der Waals surface area contributed by atoms with Crippen molar-refractivity contribution in [3.05, 3.63) is 60.6 Å². The van der Waals surface area contributed by atoms with E-state index in [9.17, 15) is 0 Å². The predicted octanol–water partition coefficient (Wildman–Crippen LogP) is 3.14. The predicted molar refractivity (Wildman–Crippen MR) is 77.9 cm³/mol. The first kappa shape index (κ1) is 14.2. The third-order valence-electron chi connectivity index (χ3n) is 2.79. The zero-order valence-electron chi connectivity index (χ0n) is 11.6. The van der Waals surface area contributed by atoms with E-state index >= 15 is 0 Å². The highest BCUT2D eigenvalue weighted by Gasteiger charge is 2.05. The monoisotopic (exact) mass is 273 g/mol. The Bertz CT molecular complexity index is 535. The molecule has 0 aliphatic carbocycles. The highest BCUT2D eigenvalue weighted by molar-refractivity contribution is 5.43. The number of benzene rings is 1. The Morgan fingerprint density at radius 1 is 1.25 bits per heavy atom. The first-order valence-corrected chi connectivity index (χ1v) is 6.47. The second kappa shape index (κ2) is 7.40. The molecule has 1 N–H and O–H groups in total. The minimum atomic E-state index is 0.465. The average Bonchev–Trinajstić information content (AvgIpc) is 2.99. The molecule has 0 bridgehead atoms. The molecule has 0 radical (unpaired) electrons. The SMILES string of the molecule is C=CCOc1ccc(CNCc2ccco2)cc1OC. The number of nitrogens with one attached hydrogen (secondary N) is 1. The van der Waals surface area contributed by atoms with E-state index < -0.39 is 0 Å². The highest BCUT2D eigenvalue weighted by atomic mass is 16.5. The van der Waals surface area contributed by atoms with Gasteiger partial charge in [-0.05, 0) is 29.8 Å². The van der Waals surface area contributed by atoms with Crippen LogP contribution < -0.4 is 14.8 Å². The molecule has 0 fully saturated rings. The molecule has 2 rings (SSSR count). The summed E-state index contributed by atoms with van der Waals surface area (Å²) in [5.74, 6) is 2.37. The number of hydrogen-bond acceptors (Lipinski definition) is 4. The molecule has 106 valence electrons. The van der Waals surface area contributed by atoms with Gasteiger partial charge in [0.1, 0.15) is 12.4 Å². The molecule has 0 saturated heterocycles. The lowest BCUT2D eigenvalue weighted by Crippen LogP contribution is -2.12. The van der Waals surface area contributed by atoms with Crippen LogP contribution in [-0.4, -0.2) is 13.7 Å². The molecule has 0 aliphatic heterocycles. The molecule has 1 heterocycles. The molecule has 1 aromatic carbocycles. The Morgan fingerprint density at radius 2 is 2.15 bits per heavy atom. The van der Waals surface area contributed by atoms with Crippen LogP contribution in [0.1, 0.15) is 11.3 Å². The molecule has 1 aromatic heterocycles. The largest absolute Gasteiger partial charge is 0.493 e. The molecule has 0 spiro atoms. The lowest BCUT2D eigenvalue weighted by Gasteiger charge is -2.11. The van der Waals surface area contributed by atoms with Crippen molar-refractivity contribution in [1.82, 2.24) is 5.32 Å². The van der Waals surface area contributed by atoms with Crippen LogP contribution in [0.2, 0.25) is 0 Å². The second-order valence-electron chi connectivity index (χ2n) is 4.27. The first-order valence-electron chi connectivity index (χ1n) is 6.47. The van der Waals surface area contributed by atoms with Crippen molar-refractivity contribution in [3.8, 4) is 11.5 Å². The fraction of sp³-hybridized carbons (Fsp3) is 0.250. The minimum Gasteiger partial charge on any atom is -0.493 e. The van der Waals surface area contributed by atoms with Crippen molar-refractivity contribution in [1.29, 1.82) is 0 Å². The summed E-state index contributed by atoms with van der Waals surface area (Å²) in [5, 5.41) is 3.31. The van der Waals surface area contributed by atoms with E-state index in [2.05, 4.69) is 11.9 Å². The molecule has 4 nitrogen and oxygen atoms in total. The molecule has 0 saturated carbocycles. The van der Waals surface area contributed by atoms with Gasteiger partial charge >= 0.3 is 0 Å². The standard InChI is InChI=1S/C16H19NO3/c1-3-8-20-15-7-6-13(10-16(15)18-2)11-17-12-14-5-4-9-19-14/h3-7,9-10,17H,1,8,11-12H2,2H3. The Morgan fingerprint density at radius 3 is 2.85 bits per heavy atom. The summed E-state index contributed by atoms with van der Waals surface area (Å²) in [5.41, 5.74) is 1.12. The molecule has 0 aliphatic rings. The molecule has 0 amide bonds. The Labute approximate surface area is 119 Å². The van der Waals surface area contributed by atoms with Crippen LogP contribution in [0.3, 0.4) is 0 Å². The molecular formula is C16H19NO3. The van der Waals surface area contributed by atoms with Crippen molar-refractivity contribution >= 4 is 0 Å².